The zero-order valence-corrected chi connectivity index (χ0v) is 21.9. The molecular formula is C25H47FN4O3. The molecule has 0 aromatic heterocycles. The number of hydrogen-bond donors (Lipinski definition) is 1. The molecule has 1 unspecified atom stereocenters. The van der Waals surface area contributed by atoms with Crippen LogP contribution in [0.2, 0.25) is 0 Å². The Morgan fingerprint density at radius 2 is 1.79 bits per heavy atom. The molecular weight excluding hydrogens is 423 g/mol. The highest BCUT2D eigenvalue weighted by Crippen LogP contribution is 2.32. The molecule has 0 aliphatic carbocycles. The van der Waals surface area contributed by atoms with Gasteiger partial charge in [-0.15, -0.1) is 0 Å². The van der Waals surface area contributed by atoms with Crippen LogP contribution in [0.25, 0.3) is 0 Å². The van der Waals surface area contributed by atoms with Crippen molar-refractivity contribution in [2.45, 2.75) is 76.7 Å². The summed E-state index contributed by atoms with van der Waals surface area (Å²) in [5, 5.41) is 3.68. The van der Waals surface area contributed by atoms with Crippen LogP contribution in [0.15, 0.2) is 0 Å². The summed E-state index contributed by atoms with van der Waals surface area (Å²) in [6.45, 7) is 15.4. The third-order valence-corrected chi connectivity index (χ3v) is 7.18. The zero-order chi connectivity index (χ0) is 24.4. The highest BCUT2D eigenvalue weighted by Gasteiger charge is 2.42. The Bertz CT molecular complexity index is 650. The SMILES string of the molecule is CN(C)CC(=O)N1C[C@H](NC(C)(C)C)CC1CC(C)(C)OC[C@H]1CN(C2COC2)C[C@@H]1CF. The molecule has 0 radical (unpaired) electrons. The Morgan fingerprint density at radius 3 is 2.33 bits per heavy atom. The van der Waals surface area contributed by atoms with E-state index in [1.807, 2.05) is 23.9 Å². The maximum absolute atomic E-state index is 13.7. The number of nitrogens with one attached hydrogen (secondary N) is 1. The molecule has 192 valence electrons. The predicted octanol–water partition coefficient (Wildman–Crippen LogP) is 2.01. The summed E-state index contributed by atoms with van der Waals surface area (Å²) in [6, 6.07) is 0.858. The summed E-state index contributed by atoms with van der Waals surface area (Å²) < 4.78 is 25.5. The number of amides is 1. The number of hydrogen-bond acceptors (Lipinski definition) is 6. The maximum Gasteiger partial charge on any atom is 0.237 e. The summed E-state index contributed by atoms with van der Waals surface area (Å²) >= 11 is 0. The van der Waals surface area contributed by atoms with Gasteiger partial charge in [0.05, 0.1) is 44.7 Å². The lowest BCUT2D eigenvalue weighted by atomic mass is 9.94. The van der Waals surface area contributed by atoms with E-state index < -0.39 is 0 Å². The van der Waals surface area contributed by atoms with Crippen LogP contribution in [0.3, 0.4) is 0 Å². The van der Waals surface area contributed by atoms with Crippen molar-refractivity contribution in [1.82, 2.24) is 20.0 Å². The molecule has 3 aliphatic heterocycles. The summed E-state index contributed by atoms with van der Waals surface area (Å²) in [6.07, 6.45) is 1.71. The van der Waals surface area contributed by atoms with Crippen molar-refractivity contribution in [2.75, 3.05) is 66.8 Å². The number of rotatable bonds is 10. The molecule has 3 fully saturated rings. The Labute approximate surface area is 200 Å². The first-order chi connectivity index (χ1) is 15.4. The Morgan fingerprint density at radius 1 is 1.12 bits per heavy atom. The van der Waals surface area contributed by atoms with Crippen LogP contribution < -0.4 is 5.32 Å². The summed E-state index contributed by atoms with van der Waals surface area (Å²) in [5.74, 6) is 0.414. The first-order valence-corrected chi connectivity index (χ1v) is 12.6. The van der Waals surface area contributed by atoms with Crippen LogP contribution >= 0.6 is 0 Å². The van der Waals surface area contributed by atoms with Crippen molar-refractivity contribution in [3.8, 4) is 0 Å². The van der Waals surface area contributed by atoms with Crippen molar-refractivity contribution in [3.05, 3.63) is 0 Å². The number of carbonyl (C=O) groups is 1. The van der Waals surface area contributed by atoms with Gasteiger partial charge in [-0.25, -0.2) is 0 Å². The zero-order valence-electron chi connectivity index (χ0n) is 21.9. The second-order valence-corrected chi connectivity index (χ2v) is 12.4. The van der Waals surface area contributed by atoms with Gasteiger partial charge in [-0.3, -0.25) is 14.1 Å². The first kappa shape index (κ1) is 26.8. The van der Waals surface area contributed by atoms with Crippen molar-refractivity contribution in [1.29, 1.82) is 0 Å². The fourth-order valence-corrected chi connectivity index (χ4v) is 5.52. The van der Waals surface area contributed by atoms with Gasteiger partial charge < -0.3 is 24.6 Å². The maximum atomic E-state index is 13.7. The number of halogens is 1. The van der Waals surface area contributed by atoms with Gasteiger partial charge in [0.2, 0.25) is 5.91 Å². The average Bonchev–Trinajstić information content (AvgIpc) is 3.20. The molecule has 4 atom stereocenters. The van der Waals surface area contributed by atoms with E-state index in [9.17, 15) is 9.18 Å². The van der Waals surface area contributed by atoms with Gasteiger partial charge in [0.15, 0.2) is 0 Å². The van der Waals surface area contributed by atoms with Gasteiger partial charge in [-0.2, -0.15) is 0 Å². The molecule has 0 saturated carbocycles. The lowest BCUT2D eigenvalue weighted by Crippen LogP contribution is -2.48. The van der Waals surface area contributed by atoms with Crippen molar-refractivity contribution in [2.24, 2.45) is 11.8 Å². The lowest BCUT2D eigenvalue weighted by Gasteiger charge is -2.35. The topological polar surface area (TPSA) is 57.3 Å². The van der Waals surface area contributed by atoms with Gasteiger partial charge in [-0.05, 0) is 61.6 Å². The number of ether oxygens (including phenoxy) is 2. The van der Waals surface area contributed by atoms with E-state index in [1.165, 1.54) is 0 Å². The van der Waals surface area contributed by atoms with Gasteiger partial charge in [-0.1, -0.05) is 0 Å². The lowest BCUT2D eigenvalue weighted by molar-refractivity contribution is -0.134. The van der Waals surface area contributed by atoms with Crippen LogP contribution in [0.4, 0.5) is 4.39 Å². The van der Waals surface area contributed by atoms with E-state index >= 15 is 0 Å². The quantitative estimate of drug-likeness (QED) is 0.527. The third-order valence-electron chi connectivity index (χ3n) is 7.18. The minimum Gasteiger partial charge on any atom is -0.378 e. The number of likely N-dealkylation sites (tertiary alicyclic amines) is 2. The smallest absolute Gasteiger partial charge is 0.237 e. The van der Waals surface area contributed by atoms with E-state index in [0.717, 1.165) is 45.7 Å². The van der Waals surface area contributed by atoms with Crippen LogP contribution in [0.5, 0.6) is 0 Å². The molecule has 3 heterocycles. The highest BCUT2D eigenvalue weighted by molar-refractivity contribution is 5.79. The molecule has 33 heavy (non-hydrogen) atoms. The number of alkyl halides is 1. The van der Waals surface area contributed by atoms with Crippen LogP contribution in [-0.2, 0) is 14.3 Å². The molecule has 7 nitrogen and oxygen atoms in total. The second-order valence-electron chi connectivity index (χ2n) is 12.4. The minimum atomic E-state index is -0.383. The average molecular weight is 471 g/mol. The predicted molar refractivity (Wildman–Crippen MR) is 129 cm³/mol. The summed E-state index contributed by atoms with van der Waals surface area (Å²) in [4.78, 5) is 19.4. The first-order valence-electron chi connectivity index (χ1n) is 12.6. The van der Waals surface area contributed by atoms with Crippen LogP contribution in [-0.4, -0.2) is 117 Å². The van der Waals surface area contributed by atoms with Gasteiger partial charge in [0.25, 0.3) is 0 Å². The van der Waals surface area contributed by atoms with E-state index in [-0.39, 0.29) is 47.6 Å². The number of carbonyl (C=O) groups excluding carboxylic acids is 1. The molecule has 1 amide bonds. The van der Waals surface area contributed by atoms with Gasteiger partial charge in [0.1, 0.15) is 0 Å². The molecule has 0 spiro atoms. The van der Waals surface area contributed by atoms with E-state index in [0.29, 0.717) is 19.2 Å². The van der Waals surface area contributed by atoms with Crippen LogP contribution in [0.1, 0.15) is 47.5 Å². The number of likely N-dealkylation sites (N-methyl/N-ethyl adjacent to an activating group) is 1. The largest absolute Gasteiger partial charge is 0.378 e. The third kappa shape index (κ3) is 7.59. The van der Waals surface area contributed by atoms with Crippen molar-refractivity contribution < 1.29 is 18.7 Å². The summed E-state index contributed by atoms with van der Waals surface area (Å²) in [7, 11) is 3.87. The fraction of sp³-hybridized carbons (Fsp3) is 0.960. The van der Waals surface area contributed by atoms with Gasteiger partial charge in [0, 0.05) is 49.1 Å². The molecule has 3 saturated heterocycles. The van der Waals surface area contributed by atoms with E-state index in [1.54, 1.807) is 0 Å². The molecule has 3 rings (SSSR count). The van der Waals surface area contributed by atoms with Crippen molar-refractivity contribution in [3.63, 3.8) is 0 Å². The highest BCUT2D eigenvalue weighted by atomic mass is 19.1. The molecule has 3 aliphatic rings. The van der Waals surface area contributed by atoms with Gasteiger partial charge >= 0.3 is 0 Å². The Balaban J connectivity index is 1.58. The van der Waals surface area contributed by atoms with Crippen molar-refractivity contribution >= 4 is 5.91 Å². The van der Waals surface area contributed by atoms with E-state index in [2.05, 4.69) is 44.8 Å². The molecule has 1 N–H and O–H groups in total. The molecule has 0 aromatic rings. The normalized spacial score (nSPS) is 29.8. The second kappa shape index (κ2) is 10.9. The van der Waals surface area contributed by atoms with Crippen LogP contribution in [0, 0.1) is 11.8 Å². The monoisotopic (exact) mass is 470 g/mol. The molecule has 0 bridgehead atoms. The standard InChI is InChI=1S/C25H47FN4O3/c1-24(2,3)27-20-8-21(30(13-20)23(31)14-28(6)7)9-25(4,5)33-15-19-12-29(11-18(19)10-26)22-16-32-17-22/h18-22,27H,8-17H2,1-7H3/t18-,19+,20+,21?/m0/s1. The molecule has 8 heteroatoms. The fourth-order valence-electron chi connectivity index (χ4n) is 5.52. The Hall–Kier alpha value is -0.800. The minimum absolute atomic E-state index is 0.00302. The van der Waals surface area contributed by atoms with E-state index in [4.69, 9.17) is 9.47 Å². The summed E-state index contributed by atoms with van der Waals surface area (Å²) in [5.41, 5.74) is -0.380. The Kier molecular flexibility index (Phi) is 8.82. The number of nitrogens with zero attached hydrogens (tertiary/aromatic N) is 3. The molecule has 0 aromatic carbocycles.